The van der Waals surface area contributed by atoms with E-state index in [1.807, 2.05) is 7.05 Å². The lowest BCUT2D eigenvalue weighted by Gasteiger charge is -2.32. The summed E-state index contributed by atoms with van der Waals surface area (Å²) in [7, 11) is 2.00. The Hall–Kier alpha value is -1.56. The Labute approximate surface area is 116 Å². The molecule has 1 saturated heterocycles. The van der Waals surface area contributed by atoms with Crippen LogP contribution < -0.4 is 0 Å². The zero-order valence-electron chi connectivity index (χ0n) is 11.3. The molecule has 0 spiro atoms. The van der Waals surface area contributed by atoms with Crippen LogP contribution in [0.15, 0.2) is 24.3 Å². The van der Waals surface area contributed by atoms with Crippen molar-refractivity contribution < 1.29 is 18.0 Å². The van der Waals surface area contributed by atoms with Crippen molar-refractivity contribution in [3.8, 4) is 0 Å². The second kappa shape index (κ2) is 5.83. The summed E-state index contributed by atoms with van der Waals surface area (Å²) < 4.78 is 37.3. The average molecular weight is 286 g/mol. The van der Waals surface area contributed by atoms with Gasteiger partial charge >= 0.3 is 6.18 Å². The summed E-state index contributed by atoms with van der Waals surface area (Å²) in [6, 6.07) is 4.78. The van der Waals surface area contributed by atoms with E-state index in [1.165, 1.54) is 12.1 Å². The van der Waals surface area contributed by atoms with Gasteiger partial charge in [0.2, 0.25) is 5.91 Å². The first-order chi connectivity index (χ1) is 9.36. The van der Waals surface area contributed by atoms with Crippen LogP contribution in [0.3, 0.4) is 0 Å². The molecule has 1 aliphatic rings. The molecule has 0 atom stereocenters. The fraction of sp³-hybridized carbons (Fsp3) is 0.500. The van der Waals surface area contributed by atoms with E-state index >= 15 is 0 Å². The fourth-order valence-electron chi connectivity index (χ4n) is 2.15. The number of hydrogen-bond acceptors (Lipinski definition) is 2. The highest BCUT2D eigenvalue weighted by Gasteiger charge is 2.30. The van der Waals surface area contributed by atoms with Crippen molar-refractivity contribution in [2.24, 2.45) is 0 Å². The Morgan fingerprint density at radius 1 is 1.10 bits per heavy atom. The zero-order valence-corrected chi connectivity index (χ0v) is 11.3. The molecule has 1 aliphatic heterocycles. The smallest absolute Gasteiger partial charge is 0.340 e. The molecule has 0 N–H and O–H groups in total. The molecule has 1 aromatic carbocycles. The minimum absolute atomic E-state index is 0.0298. The second-order valence-electron chi connectivity index (χ2n) is 5.06. The van der Waals surface area contributed by atoms with E-state index in [-0.39, 0.29) is 12.3 Å². The molecule has 0 aromatic heterocycles. The molecule has 20 heavy (non-hydrogen) atoms. The van der Waals surface area contributed by atoms with Crippen LogP contribution in [0.1, 0.15) is 11.1 Å². The summed E-state index contributed by atoms with van der Waals surface area (Å²) in [5.41, 5.74) is -0.0739. The molecule has 1 fully saturated rings. The minimum atomic E-state index is -4.33. The van der Waals surface area contributed by atoms with Crippen molar-refractivity contribution in [2.75, 3.05) is 33.2 Å². The number of carbonyl (C=O) groups excluding carboxylic acids is 1. The maximum absolute atomic E-state index is 12.4. The molecule has 0 saturated carbocycles. The minimum Gasteiger partial charge on any atom is -0.340 e. The van der Waals surface area contributed by atoms with Crippen LogP contribution in [0.25, 0.3) is 0 Å². The quantitative estimate of drug-likeness (QED) is 0.830. The number of amides is 1. The van der Waals surface area contributed by atoms with Gasteiger partial charge in [0, 0.05) is 26.2 Å². The lowest BCUT2D eigenvalue weighted by atomic mass is 10.1. The first-order valence-corrected chi connectivity index (χ1v) is 6.49. The number of piperazine rings is 1. The third-order valence-corrected chi connectivity index (χ3v) is 3.49. The molecule has 1 amide bonds. The Morgan fingerprint density at radius 3 is 2.15 bits per heavy atom. The normalized spacial score (nSPS) is 17.3. The van der Waals surface area contributed by atoms with Gasteiger partial charge in [0.1, 0.15) is 0 Å². The fourth-order valence-corrected chi connectivity index (χ4v) is 2.15. The third kappa shape index (κ3) is 3.72. The molecule has 0 bridgehead atoms. The molecule has 0 radical (unpaired) electrons. The van der Waals surface area contributed by atoms with Crippen molar-refractivity contribution >= 4 is 5.91 Å². The molecule has 1 aromatic rings. The first kappa shape index (κ1) is 14.8. The number of rotatable bonds is 2. The van der Waals surface area contributed by atoms with Crippen molar-refractivity contribution in [3.63, 3.8) is 0 Å². The number of halogens is 3. The summed E-state index contributed by atoms with van der Waals surface area (Å²) in [5.74, 6) is -0.0298. The highest BCUT2D eigenvalue weighted by Crippen LogP contribution is 2.29. The molecule has 6 heteroatoms. The molecular formula is C14H17F3N2O. The van der Waals surface area contributed by atoms with Crippen molar-refractivity contribution in [2.45, 2.75) is 12.6 Å². The molecular weight excluding hydrogens is 269 g/mol. The van der Waals surface area contributed by atoms with Gasteiger partial charge in [-0.2, -0.15) is 13.2 Å². The van der Waals surface area contributed by atoms with Gasteiger partial charge in [0.15, 0.2) is 0 Å². The Kier molecular flexibility index (Phi) is 4.32. The number of carbonyl (C=O) groups is 1. The molecule has 110 valence electrons. The molecule has 0 unspecified atom stereocenters. The standard InChI is InChI=1S/C14H17F3N2O/c1-18-6-8-19(9-7-18)13(20)10-11-2-4-12(5-3-11)14(15,16)17/h2-5H,6-10H2,1H3. The average Bonchev–Trinajstić information content (AvgIpc) is 2.39. The van der Waals surface area contributed by atoms with Crippen LogP contribution in [-0.2, 0) is 17.4 Å². The topological polar surface area (TPSA) is 23.6 Å². The third-order valence-electron chi connectivity index (χ3n) is 3.49. The van der Waals surface area contributed by atoms with E-state index in [2.05, 4.69) is 4.90 Å². The van der Waals surface area contributed by atoms with Crippen molar-refractivity contribution in [1.29, 1.82) is 0 Å². The van der Waals surface area contributed by atoms with Gasteiger partial charge in [-0.05, 0) is 24.7 Å². The number of benzene rings is 1. The summed E-state index contributed by atoms with van der Waals surface area (Å²) in [5, 5.41) is 0. The Morgan fingerprint density at radius 2 is 1.65 bits per heavy atom. The van der Waals surface area contributed by atoms with Crippen LogP contribution in [0.4, 0.5) is 13.2 Å². The summed E-state index contributed by atoms with van der Waals surface area (Å²) in [6.45, 7) is 3.02. The zero-order chi connectivity index (χ0) is 14.8. The lowest BCUT2D eigenvalue weighted by Crippen LogP contribution is -2.47. The van der Waals surface area contributed by atoms with Crippen LogP contribution in [0, 0.1) is 0 Å². The van der Waals surface area contributed by atoms with Crippen molar-refractivity contribution in [1.82, 2.24) is 9.80 Å². The predicted molar refractivity (Wildman–Crippen MR) is 69.2 cm³/mol. The van der Waals surface area contributed by atoms with Gasteiger partial charge in [-0.25, -0.2) is 0 Å². The van der Waals surface area contributed by atoms with Gasteiger partial charge in [0.25, 0.3) is 0 Å². The van der Waals surface area contributed by atoms with E-state index in [4.69, 9.17) is 0 Å². The van der Waals surface area contributed by atoms with Crippen molar-refractivity contribution in [3.05, 3.63) is 35.4 Å². The number of nitrogens with zero attached hydrogens (tertiary/aromatic N) is 2. The Bertz CT molecular complexity index is 462. The van der Waals surface area contributed by atoms with Gasteiger partial charge in [-0.15, -0.1) is 0 Å². The lowest BCUT2D eigenvalue weighted by molar-refractivity contribution is -0.137. The van der Waals surface area contributed by atoms with Crippen LogP contribution >= 0.6 is 0 Å². The van der Waals surface area contributed by atoms with E-state index in [1.54, 1.807) is 4.90 Å². The second-order valence-corrected chi connectivity index (χ2v) is 5.06. The summed E-state index contributed by atoms with van der Waals surface area (Å²) in [6.07, 6.45) is -4.18. The van der Waals surface area contributed by atoms with Crippen LogP contribution in [0.2, 0.25) is 0 Å². The maximum atomic E-state index is 12.4. The van der Waals surface area contributed by atoms with E-state index in [9.17, 15) is 18.0 Å². The SMILES string of the molecule is CN1CCN(C(=O)Cc2ccc(C(F)(F)F)cc2)CC1. The molecule has 0 aliphatic carbocycles. The Balaban J connectivity index is 1.94. The monoisotopic (exact) mass is 286 g/mol. The highest BCUT2D eigenvalue weighted by atomic mass is 19.4. The highest BCUT2D eigenvalue weighted by molar-refractivity contribution is 5.78. The van der Waals surface area contributed by atoms with Crippen LogP contribution in [0.5, 0.6) is 0 Å². The maximum Gasteiger partial charge on any atom is 0.416 e. The number of likely N-dealkylation sites (N-methyl/N-ethyl adjacent to an activating group) is 1. The predicted octanol–water partition coefficient (Wildman–Crippen LogP) is 2.02. The molecule has 2 rings (SSSR count). The summed E-state index contributed by atoms with van der Waals surface area (Å²) in [4.78, 5) is 15.9. The number of alkyl halides is 3. The van der Waals surface area contributed by atoms with E-state index in [0.29, 0.717) is 18.7 Å². The van der Waals surface area contributed by atoms with Gasteiger partial charge in [-0.3, -0.25) is 4.79 Å². The number of hydrogen-bond donors (Lipinski definition) is 0. The summed E-state index contributed by atoms with van der Waals surface area (Å²) >= 11 is 0. The largest absolute Gasteiger partial charge is 0.416 e. The molecule has 1 heterocycles. The first-order valence-electron chi connectivity index (χ1n) is 6.49. The van der Waals surface area contributed by atoms with E-state index in [0.717, 1.165) is 25.2 Å². The van der Waals surface area contributed by atoms with Gasteiger partial charge < -0.3 is 9.80 Å². The van der Waals surface area contributed by atoms with Crippen LogP contribution in [-0.4, -0.2) is 48.9 Å². The van der Waals surface area contributed by atoms with E-state index < -0.39 is 11.7 Å². The van der Waals surface area contributed by atoms with Gasteiger partial charge in [0.05, 0.1) is 12.0 Å². The molecule has 3 nitrogen and oxygen atoms in total. The van der Waals surface area contributed by atoms with Gasteiger partial charge in [-0.1, -0.05) is 12.1 Å².